The standard InChI is InChI=1S/C8H17NOS/c1-2-8(10)7-9-3-5-11-6-4-9/h8,10H,2-7H2,1H3/t8-/m1/s1. The maximum Gasteiger partial charge on any atom is 0.0664 e. The van der Waals surface area contributed by atoms with Crippen LogP contribution in [0, 0.1) is 0 Å². The first-order chi connectivity index (χ1) is 5.33. The maximum atomic E-state index is 9.36. The number of nitrogens with zero attached hydrogens (tertiary/aromatic N) is 1. The fourth-order valence-electron chi connectivity index (χ4n) is 1.21. The van der Waals surface area contributed by atoms with Crippen LogP contribution in [0.5, 0.6) is 0 Å². The van der Waals surface area contributed by atoms with Gasteiger partial charge in [-0.15, -0.1) is 0 Å². The van der Waals surface area contributed by atoms with Crippen LogP contribution >= 0.6 is 11.8 Å². The molecule has 0 bridgehead atoms. The predicted molar refractivity (Wildman–Crippen MR) is 50.1 cm³/mol. The summed E-state index contributed by atoms with van der Waals surface area (Å²) in [5, 5.41) is 9.36. The Morgan fingerprint density at radius 1 is 1.45 bits per heavy atom. The Morgan fingerprint density at radius 2 is 2.09 bits per heavy atom. The van der Waals surface area contributed by atoms with Crippen molar-refractivity contribution in [3.05, 3.63) is 0 Å². The molecule has 2 nitrogen and oxygen atoms in total. The van der Waals surface area contributed by atoms with Crippen molar-refractivity contribution in [1.82, 2.24) is 4.90 Å². The summed E-state index contributed by atoms with van der Waals surface area (Å²) in [5.41, 5.74) is 0. The summed E-state index contributed by atoms with van der Waals surface area (Å²) >= 11 is 2.01. The van der Waals surface area contributed by atoms with Crippen LogP contribution in [0.1, 0.15) is 13.3 Å². The van der Waals surface area contributed by atoms with Gasteiger partial charge in [0.1, 0.15) is 0 Å². The van der Waals surface area contributed by atoms with Gasteiger partial charge in [0.15, 0.2) is 0 Å². The lowest BCUT2D eigenvalue weighted by atomic mass is 10.2. The molecule has 66 valence electrons. The van der Waals surface area contributed by atoms with E-state index in [-0.39, 0.29) is 6.10 Å². The number of thioether (sulfide) groups is 1. The fourth-order valence-corrected chi connectivity index (χ4v) is 2.19. The molecule has 11 heavy (non-hydrogen) atoms. The molecule has 0 radical (unpaired) electrons. The molecule has 0 unspecified atom stereocenters. The molecule has 1 rings (SSSR count). The van der Waals surface area contributed by atoms with Gasteiger partial charge in [-0.05, 0) is 6.42 Å². The topological polar surface area (TPSA) is 23.5 Å². The largest absolute Gasteiger partial charge is 0.392 e. The van der Waals surface area contributed by atoms with Gasteiger partial charge in [-0.1, -0.05) is 6.92 Å². The third-order valence-corrected chi connectivity index (χ3v) is 2.99. The van der Waals surface area contributed by atoms with E-state index in [2.05, 4.69) is 4.90 Å². The average molecular weight is 175 g/mol. The van der Waals surface area contributed by atoms with Gasteiger partial charge >= 0.3 is 0 Å². The van der Waals surface area contributed by atoms with E-state index in [9.17, 15) is 5.11 Å². The van der Waals surface area contributed by atoms with E-state index in [1.165, 1.54) is 11.5 Å². The van der Waals surface area contributed by atoms with E-state index in [0.29, 0.717) is 0 Å². The van der Waals surface area contributed by atoms with Crippen molar-refractivity contribution in [2.24, 2.45) is 0 Å². The number of aliphatic hydroxyl groups excluding tert-OH is 1. The van der Waals surface area contributed by atoms with Crippen molar-refractivity contribution in [2.75, 3.05) is 31.1 Å². The quantitative estimate of drug-likeness (QED) is 0.686. The molecule has 1 atom stereocenters. The zero-order chi connectivity index (χ0) is 8.10. The average Bonchev–Trinajstić information content (AvgIpc) is 2.06. The molecule has 0 saturated carbocycles. The Hall–Kier alpha value is 0.270. The summed E-state index contributed by atoms with van der Waals surface area (Å²) < 4.78 is 0. The van der Waals surface area contributed by atoms with Crippen LogP contribution in [0.25, 0.3) is 0 Å². The lowest BCUT2D eigenvalue weighted by Crippen LogP contribution is -2.38. The SMILES string of the molecule is CC[C@@H](O)CN1CCSCC1. The van der Waals surface area contributed by atoms with Crippen molar-refractivity contribution >= 4 is 11.8 Å². The van der Waals surface area contributed by atoms with Gasteiger partial charge in [-0.3, -0.25) is 4.90 Å². The predicted octanol–water partition coefficient (Wildman–Crippen LogP) is 0.806. The Bertz CT molecular complexity index is 104. The van der Waals surface area contributed by atoms with Gasteiger partial charge in [0.2, 0.25) is 0 Å². The smallest absolute Gasteiger partial charge is 0.0664 e. The number of β-amino-alcohol motifs (C(OH)–C–C–N with tert-alkyl or cyclic N) is 1. The maximum absolute atomic E-state index is 9.36. The van der Waals surface area contributed by atoms with Crippen LogP contribution in [0.15, 0.2) is 0 Å². The van der Waals surface area contributed by atoms with Crippen LogP contribution < -0.4 is 0 Å². The van der Waals surface area contributed by atoms with Crippen LogP contribution in [-0.2, 0) is 0 Å². The second-order valence-corrected chi connectivity index (χ2v) is 4.20. The first-order valence-electron chi connectivity index (χ1n) is 4.31. The monoisotopic (exact) mass is 175 g/mol. The molecule has 1 heterocycles. The van der Waals surface area contributed by atoms with E-state index in [4.69, 9.17) is 0 Å². The summed E-state index contributed by atoms with van der Waals surface area (Å²) in [6.07, 6.45) is 0.766. The Labute approximate surface area is 73.0 Å². The number of aliphatic hydroxyl groups is 1. The van der Waals surface area contributed by atoms with Crippen molar-refractivity contribution in [3.63, 3.8) is 0 Å². The first kappa shape index (κ1) is 9.36. The van der Waals surface area contributed by atoms with Gasteiger partial charge < -0.3 is 5.11 Å². The highest BCUT2D eigenvalue weighted by atomic mass is 32.2. The molecule has 0 aromatic carbocycles. The van der Waals surface area contributed by atoms with Gasteiger partial charge in [-0.2, -0.15) is 11.8 Å². The van der Waals surface area contributed by atoms with Gasteiger partial charge in [-0.25, -0.2) is 0 Å². The second kappa shape index (κ2) is 5.01. The van der Waals surface area contributed by atoms with E-state index in [1.807, 2.05) is 18.7 Å². The highest BCUT2D eigenvalue weighted by Gasteiger charge is 2.12. The van der Waals surface area contributed by atoms with E-state index >= 15 is 0 Å². The zero-order valence-corrected chi connectivity index (χ0v) is 7.94. The van der Waals surface area contributed by atoms with E-state index in [0.717, 1.165) is 26.1 Å². The van der Waals surface area contributed by atoms with E-state index in [1.54, 1.807) is 0 Å². The van der Waals surface area contributed by atoms with Crippen LogP contribution in [0.2, 0.25) is 0 Å². The molecule has 1 aliphatic rings. The molecule has 1 fully saturated rings. The molecular weight excluding hydrogens is 158 g/mol. The summed E-state index contributed by atoms with van der Waals surface area (Å²) in [6.45, 7) is 5.21. The zero-order valence-electron chi connectivity index (χ0n) is 7.12. The minimum atomic E-state index is -0.113. The molecule has 0 aliphatic carbocycles. The molecule has 0 amide bonds. The third-order valence-electron chi connectivity index (χ3n) is 2.04. The molecule has 1 aliphatic heterocycles. The number of hydrogen-bond acceptors (Lipinski definition) is 3. The Morgan fingerprint density at radius 3 is 2.64 bits per heavy atom. The van der Waals surface area contributed by atoms with Gasteiger partial charge in [0.25, 0.3) is 0 Å². The van der Waals surface area contributed by atoms with Crippen molar-refractivity contribution in [1.29, 1.82) is 0 Å². The van der Waals surface area contributed by atoms with E-state index < -0.39 is 0 Å². The minimum Gasteiger partial charge on any atom is -0.392 e. The lowest BCUT2D eigenvalue weighted by molar-refractivity contribution is 0.115. The summed E-state index contributed by atoms with van der Waals surface area (Å²) in [4.78, 5) is 2.35. The number of rotatable bonds is 3. The molecule has 1 saturated heterocycles. The van der Waals surface area contributed by atoms with Gasteiger partial charge in [0.05, 0.1) is 6.10 Å². The first-order valence-corrected chi connectivity index (χ1v) is 5.46. The van der Waals surface area contributed by atoms with Crippen LogP contribution in [0.4, 0.5) is 0 Å². The van der Waals surface area contributed by atoms with Crippen molar-refractivity contribution in [3.8, 4) is 0 Å². The summed E-state index contributed by atoms with van der Waals surface area (Å²) in [6, 6.07) is 0. The Balaban J connectivity index is 2.13. The van der Waals surface area contributed by atoms with Gasteiger partial charge in [0, 0.05) is 31.1 Å². The fraction of sp³-hybridized carbons (Fsp3) is 1.00. The third kappa shape index (κ3) is 3.45. The molecule has 0 spiro atoms. The highest BCUT2D eigenvalue weighted by Crippen LogP contribution is 2.09. The second-order valence-electron chi connectivity index (χ2n) is 2.98. The lowest BCUT2D eigenvalue weighted by Gasteiger charge is -2.27. The number of hydrogen-bond donors (Lipinski definition) is 1. The minimum absolute atomic E-state index is 0.113. The van der Waals surface area contributed by atoms with Crippen molar-refractivity contribution < 1.29 is 5.11 Å². The van der Waals surface area contributed by atoms with Crippen LogP contribution in [-0.4, -0.2) is 47.3 Å². The molecule has 1 N–H and O–H groups in total. The normalized spacial score (nSPS) is 23.5. The molecule has 0 aromatic rings. The van der Waals surface area contributed by atoms with Crippen LogP contribution in [0.3, 0.4) is 0 Å². The molecular formula is C8H17NOS. The molecule has 0 aromatic heterocycles. The Kier molecular flexibility index (Phi) is 4.26. The summed E-state index contributed by atoms with van der Waals surface area (Å²) in [5.74, 6) is 2.47. The van der Waals surface area contributed by atoms with Crippen molar-refractivity contribution in [2.45, 2.75) is 19.4 Å². The molecule has 3 heteroatoms. The summed E-state index contributed by atoms with van der Waals surface area (Å²) in [7, 11) is 0. The highest BCUT2D eigenvalue weighted by molar-refractivity contribution is 7.99.